The maximum atomic E-state index is 13.2. The van der Waals surface area contributed by atoms with E-state index in [1.165, 1.54) is 12.1 Å². The summed E-state index contributed by atoms with van der Waals surface area (Å²) < 4.78 is 11.6. The van der Waals surface area contributed by atoms with E-state index in [-0.39, 0.29) is 17.2 Å². The average molecular weight is 496 g/mol. The van der Waals surface area contributed by atoms with Gasteiger partial charge in [0.15, 0.2) is 5.78 Å². The van der Waals surface area contributed by atoms with E-state index < -0.39 is 9.85 Å². The van der Waals surface area contributed by atoms with Crippen LogP contribution in [-0.2, 0) is 4.79 Å². The van der Waals surface area contributed by atoms with Gasteiger partial charge in [-0.1, -0.05) is 24.3 Å². The Hall–Kier alpha value is -5.05. The zero-order valence-electron chi connectivity index (χ0n) is 19.5. The Morgan fingerprint density at radius 1 is 0.649 bits per heavy atom. The number of nitro groups is 2. The Morgan fingerprint density at radius 3 is 1.51 bits per heavy atom. The second-order valence-corrected chi connectivity index (χ2v) is 8.47. The highest BCUT2D eigenvalue weighted by molar-refractivity contribution is 6.13. The molecule has 0 bridgehead atoms. The Balaban J connectivity index is 1.39. The third-order valence-electron chi connectivity index (χ3n) is 6.09. The number of carbonyl (C=O) groups excluding carboxylic acids is 1. The summed E-state index contributed by atoms with van der Waals surface area (Å²) >= 11 is 0. The van der Waals surface area contributed by atoms with Crippen molar-refractivity contribution in [2.75, 3.05) is 0 Å². The van der Waals surface area contributed by atoms with E-state index in [1.54, 1.807) is 72.8 Å². The highest BCUT2D eigenvalue weighted by Crippen LogP contribution is 2.35. The van der Waals surface area contributed by atoms with Crippen molar-refractivity contribution in [2.24, 2.45) is 0 Å². The quantitative estimate of drug-likeness (QED) is 0.156. The third kappa shape index (κ3) is 4.87. The van der Waals surface area contributed by atoms with Crippen LogP contribution in [0, 0.1) is 20.2 Å². The lowest BCUT2D eigenvalue weighted by molar-refractivity contribution is -0.384. The molecule has 0 radical (unpaired) electrons. The van der Waals surface area contributed by atoms with E-state index in [2.05, 4.69) is 0 Å². The highest BCUT2D eigenvalue weighted by Gasteiger charge is 2.23. The van der Waals surface area contributed by atoms with Crippen molar-refractivity contribution in [1.29, 1.82) is 0 Å². The lowest BCUT2D eigenvalue weighted by Crippen LogP contribution is -2.12. The summed E-state index contributed by atoms with van der Waals surface area (Å²) in [4.78, 5) is 34.9. The van der Waals surface area contributed by atoms with Gasteiger partial charge in [-0.2, -0.15) is 0 Å². The smallest absolute Gasteiger partial charge is 0.280 e. The number of para-hydroxylation sites is 2. The molecular formula is C28H20N2O7. The van der Waals surface area contributed by atoms with Gasteiger partial charge in [0, 0.05) is 23.3 Å². The SMILES string of the molecule is O=C1/C(=C/c2ccc(-c3ccccc3[N+](=O)[O-])o2)CCC/C1=C\c1ccc(-c2ccccc2[N+](=O)[O-])o1. The van der Waals surface area contributed by atoms with Crippen molar-refractivity contribution in [2.45, 2.75) is 19.3 Å². The molecule has 9 nitrogen and oxygen atoms in total. The number of Topliss-reactive ketones (excluding diaryl/α,β-unsaturated/α-hetero) is 1. The Morgan fingerprint density at radius 2 is 1.08 bits per heavy atom. The molecule has 1 aliphatic rings. The van der Waals surface area contributed by atoms with Gasteiger partial charge in [-0.05, 0) is 67.8 Å². The van der Waals surface area contributed by atoms with Crippen LogP contribution in [0.4, 0.5) is 11.4 Å². The molecule has 9 heteroatoms. The van der Waals surface area contributed by atoms with E-state index >= 15 is 0 Å². The lowest BCUT2D eigenvalue weighted by atomic mass is 9.88. The fourth-order valence-corrected chi connectivity index (χ4v) is 4.35. The monoisotopic (exact) mass is 496 g/mol. The molecule has 2 heterocycles. The number of allylic oxidation sites excluding steroid dienone is 2. The number of benzene rings is 2. The first-order chi connectivity index (χ1) is 17.9. The second kappa shape index (κ2) is 9.90. The summed E-state index contributed by atoms with van der Waals surface area (Å²) in [6.45, 7) is 0. The minimum absolute atomic E-state index is 0.0614. The van der Waals surface area contributed by atoms with E-state index in [0.29, 0.717) is 58.2 Å². The Bertz CT molecular complexity index is 1470. The normalized spacial score (nSPS) is 15.8. The van der Waals surface area contributed by atoms with E-state index in [9.17, 15) is 25.0 Å². The molecule has 0 amide bonds. The molecule has 1 fully saturated rings. The molecular weight excluding hydrogens is 476 g/mol. The van der Waals surface area contributed by atoms with E-state index in [1.807, 2.05) is 0 Å². The van der Waals surface area contributed by atoms with Crippen LogP contribution >= 0.6 is 0 Å². The fourth-order valence-electron chi connectivity index (χ4n) is 4.35. The molecule has 184 valence electrons. The van der Waals surface area contributed by atoms with Gasteiger partial charge in [0.05, 0.1) is 21.0 Å². The van der Waals surface area contributed by atoms with Gasteiger partial charge in [0.25, 0.3) is 11.4 Å². The molecule has 0 saturated heterocycles. The summed E-state index contributed by atoms with van der Waals surface area (Å²) in [6, 6.07) is 19.3. The molecule has 2 aromatic heterocycles. The molecule has 0 spiro atoms. The van der Waals surface area contributed by atoms with Gasteiger partial charge in [-0.25, -0.2) is 0 Å². The third-order valence-corrected chi connectivity index (χ3v) is 6.09. The molecule has 2 aromatic carbocycles. The molecule has 37 heavy (non-hydrogen) atoms. The van der Waals surface area contributed by atoms with Gasteiger partial charge >= 0.3 is 0 Å². The van der Waals surface area contributed by atoms with Crippen molar-refractivity contribution in [3.8, 4) is 22.6 Å². The fraction of sp³-hybridized carbons (Fsp3) is 0.107. The van der Waals surface area contributed by atoms with E-state index in [0.717, 1.165) is 6.42 Å². The van der Waals surface area contributed by atoms with Crippen LogP contribution in [0.3, 0.4) is 0 Å². The maximum absolute atomic E-state index is 13.2. The first-order valence-electron chi connectivity index (χ1n) is 11.5. The van der Waals surface area contributed by atoms with Crippen LogP contribution in [0.2, 0.25) is 0 Å². The number of carbonyl (C=O) groups is 1. The van der Waals surface area contributed by atoms with Crippen molar-refractivity contribution < 1.29 is 23.5 Å². The molecule has 5 rings (SSSR count). The van der Waals surface area contributed by atoms with E-state index in [4.69, 9.17) is 8.83 Å². The van der Waals surface area contributed by atoms with Crippen LogP contribution in [0.15, 0.2) is 92.8 Å². The summed E-state index contributed by atoms with van der Waals surface area (Å²) in [7, 11) is 0. The Labute approximate surface area is 210 Å². The second-order valence-electron chi connectivity index (χ2n) is 8.47. The van der Waals surface area contributed by atoms with Crippen LogP contribution in [0.25, 0.3) is 34.8 Å². The van der Waals surface area contributed by atoms with Gasteiger partial charge < -0.3 is 8.83 Å². The van der Waals surface area contributed by atoms with Gasteiger partial charge in [-0.15, -0.1) is 0 Å². The minimum atomic E-state index is -0.465. The Kier molecular flexibility index (Phi) is 6.34. The number of nitrogens with zero attached hydrogens (tertiary/aromatic N) is 2. The standard InChI is InChI=1S/C28H20N2O7/c31-28-18(16-20-12-14-26(36-20)22-8-1-3-10-24(22)29(32)33)6-5-7-19(28)17-21-13-15-27(37-21)23-9-2-4-11-25(23)30(34)35/h1-4,8-17H,5-7H2/b18-16+,19-17+. The van der Waals surface area contributed by atoms with Crippen LogP contribution in [0.5, 0.6) is 0 Å². The maximum Gasteiger partial charge on any atom is 0.280 e. The number of rotatable bonds is 6. The van der Waals surface area contributed by atoms with Crippen LogP contribution in [0.1, 0.15) is 30.8 Å². The zero-order valence-corrected chi connectivity index (χ0v) is 19.5. The van der Waals surface area contributed by atoms with Crippen molar-refractivity contribution >= 4 is 29.3 Å². The zero-order chi connectivity index (χ0) is 25.9. The molecule has 0 aliphatic heterocycles. The predicted octanol–water partition coefficient (Wildman–Crippen LogP) is 7.24. The predicted molar refractivity (Wildman–Crippen MR) is 136 cm³/mol. The van der Waals surface area contributed by atoms with Gasteiger partial charge in [0.2, 0.25) is 0 Å². The number of nitro benzene ring substituents is 2. The largest absolute Gasteiger partial charge is 0.456 e. The van der Waals surface area contributed by atoms with Crippen LogP contribution in [-0.4, -0.2) is 15.6 Å². The topological polar surface area (TPSA) is 130 Å². The number of furan rings is 2. The summed E-state index contributed by atoms with van der Waals surface area (Å²) in [5.74, 6) is 1.40. The number of hydrogen-bond donors (Lipinski definition) is 0. The number of ketones is 1. The molecule has 0 atom stereocenters. The van der Waals surface area contributed by atoms with Crippen LogP contribution < -0.4 is 0 Å². The summed E-state index contributed by atoms with van der Waals surface area (Å²) in [5.41, 5.74) is 1.72. The average Bonchev–Trinajstić information content (AvgIpc) is 3.56. The van der Waals surface area contributed by atoms with Crippen molar-refractivity contribution in [1.82, 2.24) is 0 Å². The van der Waals surface area contributed by atoms with Gasteiger partial charge in [0.1, 0.15) is 23.0 Å². The first-order valence-corrected chi connectivity index (χ1v) is 11.5. The molecule has 1 aliphatic carbocycles. The molecule has 0 unspecified atom stereocenters. The van der Waals surface area contributed by atoms with Crippen molar-refractivity contribution in [3.63, 3.8) is 0 Å². The van der Waals surface area contributed by atoms with Crippen molar-refractivity contribution in [3.05, 3.63) is 116 Å². The highest BCUT2D eigenvalue weighted by atomic mass is 16.6. The lowest BCUT2D eigenvalue weighted by Gasteiger charge is -2.15. The number of hydrogen-bond acceptors (Lipinski definition) is 7. The first kappa shape index (κ1) is 23.7. The van der Waals surface area contributed by atoms with Gasteiger partial charge in [-0.3, -0.25) is 25.0 Å². The summed E-state index contributed by atoms with van der Waals surface area (Å²) in [6.07, 6.45) is 5.20. The minimum Gasteiger partial charge on any atom is -0.456 e. The molecule has 4 aromatic rings. The molecule has 1 saturated carbocycles. The molecule has 0 N–H and O–H groups in total. The summed E-state index contributed by atoms with van der Waals surface area (Å²) in [5, 5.41) is 22.7.